The van der Waals surface area contributed by atoms with Crippen molar-refractivity contribution in [3.05, 3.63) is 21.1 Å². The third kappa shape index (κ3) is 16.6. The zero-order valence-corrected chi connectivity index (χ0v) is 46.3. The molecule has 0 unspecified atom stereocenters. The molecule has 24 radical (unpaired) electrons. The second kappa shape index (κ2) is 27.7. The minimum absolute atomic E-state index is 0.731. The normalized spacial score (nSPS) is 28.9. The Hall–Kier alpha value is 3.10. The fraction of sp³-hybridized carbons (Fsp3) is 0.800. The van der Waals surface area contributed by atoms with Crippen LogP contribution in [0.2, 0.25) is 145 Å². The Bertz CT molecular complexity index is 885. The Kier molecular flexibility index (Phi) is 25.3. The van der Waals surface area contributed by atoms with Gasteiger partial charge in [0.1, 0.15) is 0 Å². The summed E-state index contributed by atoms with van der Waals surface area (Å²) in [5, 5.41) is 3.57. The monoisotopic (exact) mass is 1010 g/mol. The standard InChI is InChI=1S/C30H50Br2O3Si14/c31-29-27-1-2-28(30(29)32)49-24-18-39-6-12-45-33-42-9-3-36-15-21-48(27,22-16-37-4-10-43-34-46-13-7-40-19-25-49)23-17-38-5-11-44-35-47-14-8-41-20-26-49/h1-2H,3-26H2. The van der Waals surface area contributed by atoms with E-state index < -0.39 is 16.1 Å². The van der Waals surface area contributed by atoms with E-state index >= 15 is 0 Å². The molecule has 7 rings (SSSR count). The van der Waals surface area contributed by atoms with E-state index in [-0.39, 0.29) is 0 Å². The van der Waals surface area contributed by atoms with Gasteiger partial charge in [-0.2, -0.15) is 0 Å². The summed E-state index contributed by atoms with van der Waals surface area (Å²) < 4.78 is 21.7. The molecule has 19 heteroatoms. The molecule has 1 aromatic rings. The minimum atomic E-state index is -1.72. The van der Waals surface area contributed by atoms with Crippen LogP contribution in [0.5, 0.6) is 0 Å². The van der Waals surface area contributed by atoms with Crippen molar-refractivity contribution in [1.29, 1.82) is 0 Å². The largest absolute Gasteiger partial charge is 0.457 e. The van der Waals surface area contributed by atoms with Gasteiger partial charge in [0.05, 0.1) is 16.1 Å². The van der Waals surface area contributed by atoms with Gasteiger partial charge in [0, 0.05) is 66.1 Å². The van der Waals surface area contributed by atoms with Crippen molar-refractivity contribution < 1.29 is 12.3 Å². The molecule has 6 aliphatic rings. The zero-order chi connectivity index (χ0) is 34.3. The third-order valence-corrected chi connectivity index (χ3v) is 42.5. The first kappa shape index (κ1) is 44.8. The maximum absolute atomic E-state index is 6.22. The van der Waals surface area contributed by atoms with Crippen LogP contribution in [0.1, 0.15) is 0 Å². The number of hydrogen-bond acceptors (Lipinski definition) is 3. The molecule has 0 N–H and O–H groups in total. The third-order valence-electron chi connectivity index (χ3n) is 9.76. The lowest BCUT2D eigenvalue weighted by atomic mass is 10.4. The molecule has 0 atom stereocenters. The Balaban J connectivity index is 1.76. The summed E-state index contributed by atoms with van der Waals surface area (Å²) in [4.78, 5) is 0. The van der Waals surface area contributed by atoms with Crippen LogP contribution in [0, 0.1) is 0 Å². The van der Waals surface area contributed by atoms with E-state index in [0.717, 1.165) is 116 Å². The summed E-state index contributed by atoms with van der Waals surface area (Å²) in [6.07, 6.45) is 0. The maximum Gasteiger partial charge on any atom is 0.214 e. The second-order valence-corrected chi connectivity index (χ2v) is 40.0. The van der Waals surface area contributed by atoms with Gasteiger partial charge in [-0.05, 0) is 78.5 Å². The summed E-state index contributed by atoms with van der Waals surface area (Å²) >= 11 is 8.89. The highest BCUT2D eigenvalue weighted by atomic mass is 79.9. The van der Waals surface area contributed by atoms with E-state index in [1.165, 1.54) is 154 Å². The van der Waals surface area contributed by atoms with E-state index in [1.54, 1.807) is 10.4 Å². The number of rotatable bonds is 0. The molecule has 0 aromatic heterocycles. The Morgan fingerprint density at radius 3 is 0.796 bits per heavy atom. The molecule has 6 heterocycles. The van der Waals surface area contributed by atoms with Crippen LogP contribution in [0.25, 0.3) is 0 Å². The van der Waals surface area contributed by atoms with Gasteiger partial charge in [0.15, 0.2) is 0 Å². The molecular formula is C30H50Br2O3Si14. The molecule has 49 heavy (non-hydrogen) atoms. The summed E-state index contributed by atoms with van der Waals surface area (Å²) in [5.41, 5.74) is 0. The topological polar surface area (TPSA) is 27.7 Å². The lowest BCUT2D eigenvalue weighted by Gasteiger charge is -2.38. The molecule has 0 spiro atoms. The number of hydrogen-bond donors (Lipinski definition) is 0. The number of halogens is 2. The molecule has 0 saturated carbocycles. The predicted octanol–water partition coefficient (Wildman–Crippen LogP) is 7.08. The van der Waals surface area contributed by atoms with E-state index in [0.29, 0.717) is 0 Å². The average molecular weight is 1010 g/mol. The molecule has 4 bridgehead atoms. The molecule has 1 aromatic carbocycles. The predicted molar refractivity (Wildman–Crippen MR) is 240 cm³/mol. The van der Waals surface area contributed by atoms with Crippen LogP contribution in [0.4, 0.5) is 0 Å². The van der Waals surface area contributed by atoms with E-state index in [2.05, 4.69) is 44.0 Å². The average Bonchev–Trinajstić information content (AvgIpc) is 3.10. The molecule has 0 fully saturated rings. The van der Waals surface area contributed by atoms with Gasteiger partial charge < -0.3 is 12.3 Å². The summed E-state index contributed by atoms with van der Waals surface area (Å²) in [6.45, 7) is 0. The number of benzene rings is 1. The first-order valence-corrected chi connectivity index (χ1v) is 40.3. The highest BCUT2D eigenvalue weighted by molar-refractivity contribution is 9.13. The van der Waals surface area contributed by atoms with Crippen LogP contribution in [0.15, 0.2) is 21.1 Å². The summed E-state index contributed by atoms with van der Waals surface area (Å²) in [6, 6.07) is 39.0. The molecule has 0 aliphatic carbocycles. The van der Waals surface area contributed by atoms with Crippen molar-refractivity contribution in [2.75, 3.05) is 0 Å². The van der Waals surface area contributed by atoms with Gasteiger partial charge in [-0.25, -0.2) is 0 Å². The molecule has 3 nitrogen and oxygen atoms in total. The summed E-state index contributed by atoms with van der Waals surface area (Å²) in [5.74, 6) is 0. The van der Waals surface area contributed by atoms with Gasteiger partial charge >= 0.3 is 0 Å². The van der Waals surface area contributed by atoms with Crippen LogP contribution in [-0.2, 0) is 12.3 Å². The number of fused-ring (bicyclic) bond motifs is 36. The first-order valence-electron chi connectivity index (χ1n) is 18.2. The summed E-state index contributed by atoms with van der Waals surface area (Å²) in [7, 11) is 7.54. The van der Waals surface area contributed by atoms with Gasteiger partial charge in [-0.3, -0.25) is 0 Å². The Morgan fingerprint density at radius 2 is 0.571 bits per heavy atom. The molecule has 6 aliphatic heterocycles. The van der Waals surface area contributed by atoms with Gasteiger partial charge in [-0.1, -0.05) is 121 Å². The van der Waals surface area contributed by atoms with Crippen LogP contribution < -0.4 is 10.4 Å². The molecule has 0 amide bonds. The minimum Gasteiger partial charge on any atom is -0.457 e. The van der Waals surface area contributed by atoms with Crippen molar-refractivity contribution >= 4 is 174 Å². The Labute approximate surface area is 349 Å². The van der Waals surface area contributed by atoms with Crippen molar-refractivity contribution in [3.8, 4) is 0 Å². The highest BCUT2D eigenvalue weighted by Crippen LogP contribution is 2.36. The SMILES string of the molecule is Brc1c2ccc(c1Br)[Si]13CC[Si]CC[Si]O[Si]CC[Si]CC[Si]2(CC[Si]CC[Si]O[Si]CC[Si]CC1)CC[Si]CC[Si]O[Si]CC[Si]CC3. The van der Waals surface area contributed by atoms with Gasteiger partial charge in [0.2, 0.25) is 58.6 Å². The van der Waals surface area contributed by atoms with E-state index in [9.17, 15) is 0 Å². The van der Waals surface area contributed by atoms with Gasteiger partial charge in [-0.15, -0.1) is 0 Å². The smallest absolute Gasteiger partial charge is 0.214 e. The fourth-order valence-electron chi connectivity index (χ4n) is 6.94. The fourth-order valence-corrected chi connectivity index (χ4v) is 43.3. The molecular weight excluding hydrogens is 961 g/mol. The van der Waals surface area contributed by atoms with E-state index in [1.807, 2.05) is 0 Å². The first-order chi connectivity index (χ1) is 24.2. The van der Waals surface area contributed by atoms with Gasteiger partial charge in [0.25, 0.3) is 0 Å². The van der Waals surface area contributed by atoms with Crippen molar-refractivity contribution in [2.45, 2.75) is 145 Å². The van der Waals surface area contributed by atoms with E-state index in [4.69, 9.17) is 12.3 Å². The Morgan fingerprint density at radius 1 is 0.347 bits per heavy atom. The van der Waals surface area contributed by atoms with Crippen LogP contribution >= 0.6 is 31.9 Å². The maximum atomic E-state index is 6.22. The van der Waals surface area contributed by atoms with Crippen LogP contribution in [-0.4, -0.2) is 132 Å². The van der Waals surface area contributed by atoms with Crippen molar-refractivity contribution in [1.82, 2.24) is 0 Å². The van der Waals surface area contributed by atoms with Crippen molar-refractivity contribution in [3.63, 3.8) is 0 Å². The molecule has 0 saturated heterocycles. The lowest BCUT2D eigenvalue weighted by molar-refractivity contribution is 0.636. The highest BCUT2D eigenvalue weighted by Gasteiger charge is 2.40. The van der Waals surface area contributed by atoms with Crippen LogP contribution in [0.3, 0.4) is 0 Å². The quantitative estimate of drug-likeness (QED) is 0.261. The van der Waals surface area contributed by atoms with Crippen molar-refractivity contribution in [2.24, 2.45) is 0 Å². The lowest BCUT2D eigenvalue weighted by Crippen LogP contribution is -2.52. The molecule has 258 valence electrons. The second-order valence-electron chi connectivity index (χ2n) is 13.0. The zero-order valence-electron chi connectivity index (χ0n) is 29.1.